The van der Waals surface area contributed by atoms with E-state index in [4.69, 9.17) is 5.73 Å². The second kappa shape index (κ2) is 5.41. The molecule has 7 heteroatoms. The van der Waals surface area contributed by atoms with E-state index in [1.807, 2.05) is 0 Å². The van der Waals surface area contributed by atoms with Gasteiger partial charge in [-0.2, -0.15) is 0 Å². The SMILES string of the molecule is Cc1ccc(F)cc1S(=O)(=O)Nc1cc(N)ccc1Br. The van der Waals surface area contributed by atoms with Gasteiger partial charge < -0.3 is 5.73 Å². The van der Waals surface area contributed by atoms with Crippen LogP contribution in [-0.4, -0.2) is 8.42 Å². The first-order valence-electron chi connectivity index (χ1n) is 5.63. The molecular weight excluding hydrogens is 347 g/mol. The molecule has 3 N–H and O–H groups in total. The van der Waals surface area contributed by atoms with E-state index in [0.29, 0.717) is 21.4 Å². The highest BCUT2D eigenvalue weighted by molar-refractivity contribution is 9.10. The van der Waals surface area contributed by atoms with E-state index in [-0.39, 0.29) is 4.90 Å². The molecule has 0 amide bonds. The average Bonchev–Trinajstić information content (AvgIpc) is 2.36. The molecule has 0 aliphatic heterocycles. The molecule has 0 aliphatic carbocycles. The fraction of sp³-hybridized carbons (Fsp3) is 0.0769. The number of sulfonamides is 1. The molecule has 2 aromatic carbocycles. The molecule has 0 saturated carbocycles. The van der Waals surface area contributed by atoms with Crippen LogP contribution in [0.4, 0.5) is 15.8 Å². The molecule has 2 aromatic rings. The number of anilines is 2. The van der Waals surface area contributed by atoms with Crippen LogP contribution in [0, 0.1) is 12.7 Å². The first-order valence-corrected chi connectivity index (χ1v) is 7.91. The molecule has 0 atom stereocenters. The fourth-order valence-electron chi connectivity index (χ4n) is 1.68. The van der Waals surface area contributed by atoms with Gasteiger partial charge in [0, 0.05) is 10.2 Å². The summed E-state index contributed by atoms with van der Waals surface area (Å²) in [5.41, 5.74) is 6.80. The largest absolute Gasteiger partial charge is 0.399 e. The first kappa shape index (κ1) is 14.8. The molecule has 106 valence electrons. The zero-order valence-electron chi connectivity index (χ0n) is 10.5. The Hall–Kier alpha value is -1.60. The Morgan fingerprint density at radius 2 is 1.90 bits per heavy atom. The summed E-state index contributed by atoms with van der Waals surface area (Å²) in [5.74, 6) is -0.609. The Kier molecular flexibility index (Phi) is 4.01. The van der Waals surface area contributed by atoms with Gasteiger partial charge >= 0.3 is 0 Å². The molecule has 0 aromatic heterocycles. The monoisotopic (exact) mass is 358 g/mol. The van der Waals surface area contributed by atoms with Crippen molar-refractivity contribution < 1.29 is 12.8 Å². The lowest BCUT2D eigenvalue weighted by Gasteiger charge is -2.12. The van der Waals surface area contributed by atoms with E-state index in [9.17, 15) is 12.8 Å². The number of aryl methyl sites for hydroxylation is 1. The van der Waals surface area contributed by atoms with E-state index < -0.39 is 15.8 Å². The van der Waals surface area contributed by atoms with Gasteiger partial charge in [-0.3, -0.25) is 4.72 Å². The quantitative estimate of drug-likeness (QED) is 0.827. The van der Waals surface area contributed by atoms with Crippen molar-refractivity contribution in [1.29, 1.82) is 0 Å². The number of nitrogen functional groups attached to an aromatic ring is 1. The summed E-state index contributed by atoms with van der Waals surface area (Å²) in [6.07, 6.45) is 0. The Balaban J connectivity index is 2.46. The van der Waals surface area contributed by atoms with Crippen molar-refractivity contribution in [3.63, 3.8) is 0 Å². The van der Waals surface area contributed by atoms with Crippen molar-refractivity contribution in [3.05, 3.63) is 52.3 Å². The van der Waals surface area contributed by atoms with Gasteiger partial charge in [-0.1, -0.05) is 6.07 Å². The van der Waals surface area contributed by atoms with Crippen molar-refractivity contribution in [2.75, 3.05) is 10.5 Å². The lowest BCUT2D eigenvalue weighted by atomic mass is 10.2. The predicted molar refractivity (Wildman–Crippen MR) is 80.5 cm³/mol. The minimum Gasteiger partial charge on any atom is -0.399 e. The van der Waals surface area contributed by atoms with Crippen LogP contribution in [0.1, 0.15) is 5.56 Å². The summed E-state index contributed by atoms with van der Waals surface area (Å²) in [7, 11) is -3.88. The smallest absolute Gasteiger partial charge is 0.262 e. The van der Waals surface area contributed by atoms with Gasteiger partial charge in [0.25, 0.3) is 10.0 Å². The van der Waals surface area contributed by atoms with Crippen LogP contribution in [-0.2, 0) is 10.0 Å². The number of nitrogens with two attached hydrogens (primary N) is 1. The Morgan fingerprint density at radius 1 is 1.20 bits per heavy atom. The minimum absolute atomic E-state index is 0.105. The number of nitrogens with one attached hydrogen (secondary N) is 1. The molecule has 0 heterocycles. The van der Waals surface area contributed by atoms with E-state index in [2.05, 4.69) is 20.7 Å². The van der Waals surface area contributed by atoms with Crippen LogP contribution >= 0.6 is 15.9 Å². The molecule has 0 aliphatic rings. The van der Waals surface area contributed by atoms with Crippen LogP contribution in [0.2, 0.25) is 0 Å². The van der Waals surface area contributed by atoms with E-state index in [0.717, 1.165) is 6.07 Å². The number of hydrogen-bond donors (Lipinski definition) is 2. The van der Waals surface area contributed by atoms with Gasteiger partial charge in [-0.05, 0) is 58.7 Å². The van der Waals surface area contributed by atoms with Crippen molar-refractivity contribution in [1.82, 2.24) is 0 Å². The maximum Gasteiger partial charge on any atom is 0.262 e. The number of rotatable bonds is 3. The number of hydrogen-bond acceptors (Lipinski definition) is 3. The van der Waals surface area contributed by atoms with Crippen molar-refractivity contribution in [2.24, 2.45) is 0 Å². The number of halogens is 2. The van der Waals surface area contributed by atoms with Crippen molar-refractivity contribution in [2.45, 2.75) is 11.8 Å². The predicted octanol–water partition coefficient (Wildman–Crippen LogP) is 3.28. The van der Waals surface area contributed by atoms with Crippen LogP contribution in [0.5, 0.6) is 0 Å². The average molecular weight is 359 g/mol. The maximum absolute atomic E-state index is 13.2. The fourth-order valence-corrected chi connectivity index (χ4v) is 3.49. The van der Waals surface area contributed by atoms with E-state index in [1.54, 1.807) is 19.1 Å². The molecule has 0 fully saturated rings. The van der Waals surface area contributed by atoms with Gasteiger partial charge in [0.2, 0.25) is 0 Å². The van der Waals surface area contributed by atoms with E-state index >= 15 is 0 Å². The first-order chi connectivity index (χ1) is 9.29. The Bertz CT molecular complexity index is 763. The lowest BCUT2D eigenvalue weighted by molar-refractivity contribution is 0.594. The third kappa shape index (κ3) is 3.10. The molecule has 0 saturated heterocycles. The molecule has 0 unspecified atom stereocenters. The highest BCUT2D eigenvalue weighted by Crippen LogP contribution is 2.28. The van der Waals surface area contributed by atoms with Gasteiger partial charge in [0.05, 0.1) is 10.6 Å². The van der Waals surface area contributed by atoms with Crippen LogP contribution < -0.4 is 10.5 Å². The highest BCUT2D eigenvalue weighted by Gasteiger charge is 2.19. The molecule has 0 radical (unpaired) electrons. The summed E-state index contributed by atoms with van der Waals surface area (Å²) < 4.78 is 40.8. The summed E-state index contributed by atoms with van der Waals surface area (Å²) in [4.78, 5) is -0.105. The zero-order valence-corrected chi connectivity index (χ0v) is 12.9. The van der Waals surface area contributed by atoms with Crippen LogP contribution in [0.15, 0.2) is 45.8 Å². The minimum atomic E-state index is -3.88. The van der Waals surface area contributed by atoms with Gasteiger partial charge in [0.1, 0.15) is 5.82 Å². The zero-order chi connectivity index (χ0) is 14.9. The molecule has 20 heavy (non-hydrogen) atoms. The van der Waals surface area contributed by atoms with Crippen LogP contribution in [0.25, 0.3) is 0 Å². The molecular formula is C13H12BrFN2O2S. The number of benzene rings is 2. The van der Waals surface area contributed by atoms with Crippen molar-refractivity contribution in [3.8, 4) is 0 Å². The summed E-state index contributed by atoms with van der Waals surface area (Å²) in [6, 6.07) is 8.36. The summed E-state index contributed by atoms with van der Waals surface area (Å²) in [5, 5.41) is 0. The third-order valence-electron chi connectivity index (χ3n) is 2.67. The summed E-state index contributed by atoms with van der Waals surface area (Å²) >= 11 is 3.23. The van der Waals surface area contributed by atoms with Gasteiger partial charge in [-0.25, -0.2) is 12.8 Å². The standard InChI is InChI=1S/C13H12BrFN2O2S/c1-8-2-3-9(15)6-13(8)20(18,19)17-12-7-10(16)4-5-11(12)14/h2-7,17H,16H2,1H3. The third-order valence-corrected chi connectivity index (χ3v) is 4.87. The van der Waals surface area contributed by atoms with E-state index in [1.165, 1.54) is 18.2 Å². The second-order valence-electron chi connectivity index (χ2n) is 4.25. The molecule has 0 spiro atoms. The Labute approximate surface area is 125 Å². The summed E-state index contributed by atoms with van der Waals surface area (Å²) in [6.45, 7) is 1.60. The molecule has 0 bridgehead atoms. The molecule has 4 nitrogen and oxygen atoms in total. The molecule has 2 rings (SSSR count). The highest BCUT2D eigenvalue weighted by atomic mass is 79.9. The van der Waals surface area contributed by atoms with Gasteiger partial charge in [0.15, 0.2) is 0 Å². The Morgan fingerprint density at radius 3 is 2.60 bits per heavy atom. The van der Waals surface area contributed by atoms with Gasteiger partial charge in [-0.15, -0.1) is 0 Å². The normalized spacial score (nSPS) is 11.3. The maximum atomic E-state index is 13.2. The van der Waals surface area contributed by atoms with Crippen LogP contribution in [0.3, 0.4) is 0 Å². The lowest BCUT2D eigenvalue weighted by Crippen LogP contribution is -2.15. The van der Waals surface area contributed by atoms with Crippen molar-refractivity contribution >= 4 is 37.3 Å². The second-order valence-corrected chi connectivity index (χ2v) is 6.76. The topological polar surface area (TPSA) is 72.2 Å².